The van der Waals surface area contributed by atoms with Gasteiger partial charge in [0.05, 0.1) is 10.7 Å². The van der Waals surface area contributed by atoms with Crippen LogP contribution in [0.25, 0.3) is 0 Å². The van der Waals surface area contributed by atoms with Gasteiger partial charge in [-0.2, -0.15) is 0 Å². The lowest BCUT2D eigenvalue weighted by Crippen LogP contribution is -2.30. The molecule has 0 unspecified atom stereocenters. The van der Waals surface area contributed by atoms with Gasteiger partial charge < -0.3 is 5.01 Å². The Labute approximate surface area is 71.7 Å². The first-order valence-corrected chi connectivity index (χ1v) is 3.79. The zero-order valence-electron chi connectivity index (χ0n) is 6.63. The maximum Gasteiger partial charge on any atom is 0.0702 e. The second-order valence-corrected chi connectivity index (χ2v) is 2.64. The first kappa shape index (κ1) is 8.37. The smallest absolute Gasteiger partial charge is 0.0702 e. The Balaban J connectivity index is 2.93. The van der Waals surface area contributed by atoms with Crippen LogP contribution in [0.4, 0.5) is 5.69 Å². The SMILES string of the molecule is CNN(C)c1ccccc1Cl. The Morgan fingerprint density at radius 3 is 2.55 bits per heavy atom. The molecule has 0 amide bonds. The van der Waals surface area contributed by atoms with Gasteiger partial charge in [0.25, 0.3) is 0 Å². The molecule has 0 bridgehead atoms. The predicted octanol–water partition coefficient (Wildman–Crippen LogP) is 1.91. The van der Waals surface area contributed by atoms with Gasteiger partial charge in [-0.05, 0) is 12.1 Å². The third kappa shape index (κ3) is 1.85. The number of nitrogens with one attached hydrogen (secondary N) is 1. The Morgan fingerprint density at radius 1 is 1.36 bits per heavy atom. The molecule has 60 valence electrons. The van der Waals surface area contributed by atoms with Crippen molar-refractivity contribution in [2.45, 2.75) is 0 Å². The Morgan fingerprint density at radius 2 is 2.00 bits per heavy atom. The van der Waals surface area contributed by atoms with Gasteiger partial charge in [0.1, 0.15) is 0 Å². The van der Waals surface area contributed by atoms with Gasteiger partial charge in [-0.3, -0.25) is 0 Å². The molecule has 0 heterocycles. The number of rotatable bonds is 2. The van der Waals surface area contributed by atoms with Gasteiger partial charge in [-0.25, -0.2) is 5.43 Å². The number of halogens is 1. The second-order valence-electron chi connectivity index (χ2n) is 2.23. The topological polar surface area (TPSA) is 15.3 Å². The first-order chi connectivity index (χ1) is 5.25. The highest BCUT2D eigenvalue weighted by atomic mass is 35.5. The van der Waals surface area contributed by atoms with Crippen molar-refractivity contribution in [3.8, 4) is 0 Å². The van der Waals surface area contributed by atoms with Crippen LogP contribution in [0.5, 0.6) is 0 Å². The van der Waals surface area contributed by atoms with Gasteiger partial charge in [0.15, 0.2) is 0 Å². The maximum atomic E-state index is 5.92. The van der Waals surface area contributed by atoms with E-state index in [9.17, 15) is 0 Å². The lowest BCUT2D eigenvalue weighted by Gasteiger charge is -2.18. The normalized spacial score (nSPS) is 9.73. The van der Waals surface area contributed by atoms with Gasteiger partial charge in [-0.1, -0.05) is 23.7 Å². The highest BCUT2D eigenvalue weighted by Crippen LogP contribution is 2.22. The predicted molar refractivity (Wildman–Crippen MR) is 48.9 cm³/mol. The van der Waals surface area contributed by atoms with Crippen molar-refractivity contribution in [2.75, 3.05) is 19.1 Å². The van der Waals surface area contributed by atoms with E-state index in [1.54, 1.807) is 0 Å². The van der Waals surface area contributed by atoms with Crippen LogP contribution in [0.1, 0.15) is 0 Å². The molecule has 0 saturated heterocycles. The van der Waals surface area contributed by atoms with Gasteiger partial charge in [0, 0.05) is 14.1 Å². The van der Waals surface area contributed by atoms with Gasteiger partial charge in [-0.15, -0.1) is 0 Å². The monoisotopic (exact) mass is 170 g/mol. The van der Waals surface area contributed by atoms with Crippen molar-refractivity contribution in [3.63, 3.8) is 0 Å². The number of hydrogen-bond acceptors (Lipinski definition) is 2. The van der Waals surface area contributed by atoms with E-state index in [1.165, 1.54) is 0 Å². The summed E-state index contributed by atoms with van der Waals surface area (Å²) in [6.07, 6.45) is 0. The van der Waals surface area contributed by atoms with Crippen molar-refractivity contribution in [2.24, 2.45) is 0 Å². The molecule has 1 aromatic carbocycles. The summed E-state index contributed by atoms with van der Waals surface area (Å²) in [5, 5.41) is 2.62. The minimum absolute atomic E-state index is 0.754. The summed E-state index contributed by atoms with van der Waals surface area (Å²) in [5.74, 6) is 0. The summed E-state index contributed by atoms with van der Waals surface area (Å²) in [7, 11) is 3.77. The number of hydrogen-bond donors (Lipinski definition) is 1. The number of para-hydroxylation sites is 1. The number of nitrogens with zero attached hydrogens (tertiary/aromatic N) is 1. The third-order valence-electron chi connectivity index (χ3n) is 1.55. The molecule has 0 aliphatic heterocycles. The summed E-state index contributed by atoms with van der Waals surface area (Å²) in [4.78, 5) is 0. The summed E-state index contributed by atoms with van der Waals surface area (Å²) in [5.41, 5.74) is 3.95. The van der Waals surface area contributed by atoms with E-state index >= 15 is 0 Å². The fourth-order valence-electron chi connectivity index (χ4n) is 0.844. The lowest BCUT2D eigenvalue weighted by molar-refractivity contribution is 0.791. The van der Waals surface area contributed by atoms with E-state index in [2.05, 4.69) is 5.43 Å². The molecule has 0 fully saturated rings. The van der Waals surface area contributed by atoms with E-state index in [4.69, 9.17) is 11.6 Å². The van der Waals surface area contributed by atoms with Crippen LogP contribution in [0, 0.1) is 0 Å². The van der Waals surface area contributed by atoms with E-state index in [0.717, 1.165) is 10.7 Å². The molecule has 0 aliphatic rings. The highest BCUT2D eigenvalue weighted by molar-refractivity contribution is 6.33. The summed E-state index contributed by atoms with van der Waals surface area (Å²) in [6.45, 7) is 0. The van der Waals surface area contributed by atoms with Crippen LogP contribution in [0.2, 0.25) is 5.02 Å². The lowest BCUT2D eigenvalue weighted by atomic mass is 10.3. The molecule has 0 radical (unpaired) electrons. The van der Waals surface area contributed by atoms with Crippen LogP contribution in [0.3, 0.4) is 0 Å². The highest BCUT2D eigenvalue weighted by Gasteiger charge is 2.00. The molecule has 11 heavy (non-hydrogen) atoms. The fourth-order valence-corrected chi connectivity index (χ4v) is 1.11. The maximum absolute atomic E-state index is 5.92. The molecule has 0 aliphatic carbocycles. The van der Waals surface area contributed by atoms with Crippen molar-refractivity contribution >= 4 is 17.3 Å². The van der Waals surface area contributed by atoms with E-state index in [1.807, 2.05) is 43.4 Å². The molecule has 0 spiro atoms. The molecule has 1 aromatic rings. The quantitative estimate of drug-likeness (QED) is 0.683. The standard InChI is InChI=1S/C8H11ClN2/c1-10-11(2)8-6-4-3-5-7(8)9/h3-6,10H,1-2H3. The zero-order valence-corrected chi connectivity index (χ0v) is 7.39. The summed E-state index contributed by atoms with van der Waals surface area (Å²) < 4.78 is 0. The Bertz CT molecular complexity index is 237. The van der Waals surface area contributed by atoms with Crippen molar-refractivity contribution in [3.05, 3.63) is 29.3 Å². The molecule has 3 heteroatoms. The zero-order chi connectivity index (χ0) is 8.27. The Kier molecular flexibility index (Phi) is 2.74. The van der Waals surface area contributed by atoms with Gasteiger partial charge in [0.2, 0.25) is 0 Å². The van der Waals surface area contributed by atoms with Crippen LogP contribution in [-0.4, -0.2) is 14.1 Å². The number of hydrazine groups is 1. The van der Waals surface area contributed by atoms with Crippen LogP contribution >= 0.6 is 11.6 Å². The summed E-state index contributed by atoms with van der Waals surface area (Å²) in [6, 6.07) is 7.69. The number of anilines is 1. The molecule has 1 N–H and O–H groups in total. The second kappa shape index (κ2) is 3.60. The van der Waals surface area contributed by atoms with Crippen molar-refractivity contribution < 1.29 is 0 Å². The van der Waals surface area contributed by atoms with Crippen LogP contribution < -0.4 is 10.4 Å². The molecule has 0 aromatic heterocycles. The average molecular weight is 171 g/mol. The van der Waals surface area contributed by atoms with Crippen LogP contribution in [0.15, 0.2) is 24.3 Å². The molecule has 0 atom stereocenters. The first-order valence-electron chi connectivity index (χ1n) is 3.41. The summed E-state index contributed by atoms with van der Waals surface area (Å²) >= 11 is 5.92. The van der Waals surface area contributed by atoms with Crippen molar-refractivity contribution in [1.82, 2.24) is 5.43 Å². The molecule has 1 rings (SSSR count). The fraction of sp³-hybridized carbons (Fsp3) is 0.250. The van der Waals surface area contributed by atoms with E-state index in [0.29, 0.717) is 0 Å². The molecule has 2 nitrogen and oxygen atoms in total. The molecular formula is C8H11ClN2. The number of benzene rings is 1. The van der Waals surface area contributed by atoms with E-state index in [-0.39, 0.29) is 0 Å². The molecule has 0 saturated carbocycles. The minimum Gasteiger partial charge on any atom is -0.310 e. The van der Waals surface area contributed by atoms with Crippen molar-refractivity contribution in [1.29, 1.82) is 0 Å². The minimum atomic E-state index is 0.754. The average Bonchev–Trinajstić information content (AvgIpc) is 2.04. The van der Waals surface area contributed by atoms with Gasteiger partial charge >= 0.3 is 0 Å². The van der Waals surface area contributed by atoms with Crippen LogP contribution in [-0.2, 0) is 0 Å². The third-order valence-corrected chi connectivity index (χ3v) is 1.87. The molecular weight excluding hydrogens is 160 g/mol. The Hall–Kier alpha value is -0.730. The largest absolute Gasteiger partial charge is 0.310 e. The van der Waals surface area contributed by atoms with E-state index < -0.39 is 0 Å².